The van der Waals surface area contributed by atoms with Gasteiger partial charge in [-0.2, -0.15) is 0 Å². The molecule has 0 spiro atoms. The molecule has 4 nitrogen and oxygen atoms in total. The van der Waals surface area contributed by atoms with Crippen LogP contribution >= 0.6 is 7.37 Å². The Morgan fingerprint density at radius 3 is 2.21 bits per heavy atom. The highest BCUT2D eigenvalue weighted by atomic mass is 31.2. The number of amides is 1. The van der Waals surface area contributed by atoms with Crippen LogP contribution in [0.4, 0.5) is 0 Å². The van der Waals surface area contributed by atoms with E-state index < -0.39 is 7.37 Å². The molecule has 1 aromatic rings. The Balaban J connectivity index is 2.95. The monoisotopic (exact) mass is 283 g/mol. The summed E-state index contributed by atoms with van der Waals surface area (Å²) in [7, 11) is -3.10. The van der Waals surface area contributed by atoms with Crippen LogP contribution in [0.5, 0.6) is 0 Å². The number of carbonyl (C=O) groups excluding carboxylic acids is 1. The molecule has 0 radical (unpaired) electrons. The van der Waals surface area contributed by atoms with Crippen molar-refractivity contribution in [2.24, 2.45) is 0 Å². The molecule has 0 aliphatic carbocycles. The van der Waals surface area contributed by atoms with E-state index >= 15 is 0 Å². The lowest BCUT2D eigenvalue weighted by Crippen LogP contribution is -2.34. The second-order valence-corrected chi connectivity index (χ2v) is 6.59. The van der Waals surface area contributed by atoms with Gasteiger partial charge in [-0.05, 0) is 32.9 Å². The lowest BCUT2D eigenvalue weighted by atomic mass is 10.4. The first-order valence-corrected chi connectivity index (χ1v) is 8.45. The van der Waals surface area contributed by atoms with Crippen molar-refractivity contribution in [3.05, 3.63) is 30.3 Å². The number of benzene rings is 1. The second-order valence-electron chi connectivity index (χ2n) is 4.15. The van der Waals surface area contributed by atoms with Crippen LogP contribution in [0.2, 0.25) is 0 Å². The summed E-state index contributed by atoms with van der Waals surface area (Å²) in [5.74, 6) is -0.120. The quantitative estimate of drug-likeness (QED) is 0.722. The number of hydrogen-bond donors (Lipinski definition) is 0. The first-order chi connectivity index (χ1) is 9.07. The summed E-state index contributed by atoms with van der Waals surface area (Å²) in [4.78, 5) is 13.8. The van der Waals surface area contributed by atoms with Gasteiger partial charge in [0.25, 0.3) is 0 Å². The number of carbonyl (C=O) groups is 1. The fraction of sp³-hybridized carbons (Fsp3) is 0.500. The fourth-order valence-electron chi connectivity index (χ4n) is 1.93. The standard InChI is InChI=1S/C14H22NO3P/c1-4-15(5-2)14(16)12-19(17,18-6-3)13-10-8-7-9-11-13/h7-11H,4-6,12H2,1-3H3. The Morgan fingerprint density at radius 1 is 1.16 bits per heavy atom. The minimum Gasteiger partial charge on any atom is -0.343 e. The molecule has 106 valence electrons. The van der Waals surface area contributed by atoms with Gasteiger partial charge >= 0.3 is 0 Å². The molecule has 0 fully saturated rings. The summed E-state index contributed by atoms with van der Waals surface area (Å²) >= 11 is 0. The summed E-state index contributed by atoms with van der Waals surface area (Å²) in [6.07, 6.45) is -0.0630. The minimum absolute atomic E-state index is 0.0630. The third-order valence-corrected chi connectivity index (χ3v) is 5.39. The average molecular weight is 283 g/mol. The van der Waals surface area contributed by atoms with Crippen molar-refractivity contribution in [2.75, 3.05) is 25.9 Å². The van der Waals surface area contributed by atoms with E-state index in [1.807, 2.05) is 32.0 Å². The zero-order valence-electron chi connectivity index (χ0n) is 11.8. The predicted molar refractivity (Wildman–Crippen MR) is 78.1 cm³/mol. The van der Waals surface area contributed by atoms with Gasteiger partial charge in [0.15, 0.2) is 0 Å². The van der Waals surface area contributed by atoms with Crippen LogP contribution in [0.3, 0.4) is 0 Å². The molecule has 5 heteroatoms. The van der Waals surface area contributed by atoms with Crippen molar-refractivity contribution >= 4 is 18.6 Å². The number of nitrogens with zero attached hydrogens (tertiary/aromatic N) is 1. The van der Waals surface area contributed by atoms with E-state index in [1.54, 1.807) is 24.0 Å². The van der Waals surface area contributed by atoms with Gasteiger partial charge in [-0.1, -0.05) is 18.2 Å². The van der Waals surface area contributed by atoms with Gasteiger partial charge in [-0.3, -0.25) is 9.36 Å². The van der Waals surface area contributed by atoms with Crippen LogP contribution in [0, 0.1) is 0 Å². The van der Waals surface area contributed by atoms with Crippen molar-refractivity contribution in [1.29, 1.82) is 0 Å². The van der Waals surface area contributed by atoms with Crippen molar-refractivity contribution < 1.29 is 13.9 Å². The molecular formula is C14H22NO3P. The maximum atomic E-state index is 12.9. The Bertz CT molecular complexity index is 443. The van der Waals surface area contributed by atoms with Gasteiger partial charge in [-0.25, -0.2) is 0 Å². The van der Waals surface area contributed by atoms with Crippen LogP contribution in [0.25, 0.3) is 0 Å². The molecule has 1 atom stereocenters. The van der Waals surface area contributed by atoms with E-state index in [0.717, 1.165) is 0 Å². The predicted octanol–water partition coefficient (Wildman–Crippen LogP) is 2.49. The molecule has 0 aliphatic heterocycles. The Morgan fingerprint density at radius 2 is 1.74 bits per heavy atom. The van der Waals surface area contributed by atoms with Crippen LogP contribution in [-0.4, -0.2) is 36.7 Å². The second kappa shape index (κ2) is 7.46. The summed E-state index contributed by atoms with van der Waals surface area (Å²) < 4.78 is 18.3. The maximum Gasteiger partial charge on any atom is 0.241 e. The van der Waals surface area contributed by atoms with E-state index in [4.69, 9.17) is 4.52 Å². The van der Waals surface area contributed by atoms with Crippen LogP contribution in [-0.2, 0) is 13.9 Å². The summed E-state index contributed by atoms with van der Waals surface area (Å²) in [5.41, 5.74) is 0. The van der Waals surface area contributed by atoms with Gasteiger partial charge in [0, 0.05) is 18.4 Å². The largest absolute Gasteiger partial charge is 0.343 e. The van der Waals surface area contributed by atoms with Crippen molar-refractivity contribution in [3.63, 3.8) is 0 Å². The first-order valence-electron chi connectivity index (χ1n) is 6.64. The van der Waals surface area contributed by atoms with Gasteiger partial charge in [0.2, 0.25) is 13.3 Å². The van der Waals surface area contributed by atoms with Crippen LogP contribution in [0.1, 0.15) is 20.8 Å². The number of rotatable bonds is 7. The van der Waals surface area contributed by atoms with Crippen LogP contribution in [0.15, 0.2) is 30.3 Å². The zero-order valence-corrected chi connectivity index (χ0v) is 12.7. The summed E-state index contributed by atoms with van der Waals surface area (Å²) in [6, 6.07) is 8.98. The molecule has 1 unspecified atom stereocenters. The van der Waals surface area contributed by atoms with E-state index in [0.29, 0.717) is 25.0 Å². The minimum atomic E-state index is -3.10. The molecular weight excluding hydrogens is 261 g/mol. The molecule has 1 rings (SSSR count). The molecule has 0 aliphatic rings. The molecule has 19 heavy (non-hydrogen) atoms. The number of hydrogen-bond acceptors (Lipinski definition) is 3. The molecule has 0 saturated heterocycles. The van der Waals surface area contributed by atoms with Gasteiger partial charge in [0.1, 0.15) is 6.16 Å². The third-order valence-electron chi connectivity index (χ3n) is 2.95. The SMILES string of the molecule is CCOP(=O)(CC(=O)N(CC)CC)c1ccccc1. The normalized spacial score (nSPS) is 13.8. The van der Waals surface area contributed by atoms with E-state index in [-0.39, 0.29) is 12.1 Å². The topological polar surface area (TPSA) is 46.6 Å². The Labute approximate surface area is 115 Å². The zero-order chi connectivity index (χ0) is 14.3. The highest BCUT2D eigenvalue weighted by molar-refractivity contribution is 7.67. The van der Waals surface area contributed by atoms with E-state index in [1.165, 1.54) is 0 Å². The average Bonchev–Trinajstić information content (AvgIpc) is 2.41. The third kappa shape index (κ3) is 4.19. The van der Waals surface area contributed by atoms with Gasteiger partial charge in [0.05, 0.1) is 6.61 Å². The molecule has 0 N–H and O–H groups in total. The highest BCUT2D eigenvalue weighted by Gasteiger charge is 2.30. The van der Waals surface area contributed by atoms with Crippen molar-refractivity contribution in [1.82, 2.24) is 4.90 Å². The van der Waals surface area contributed by atoms with E-state index in [2.05, 4.69) is 0 Å². The first kappa shape index (κ1) is 15.9. The van der Waals surface area contributed by atoms with Crippen LogP contribution < -0.4 is 5.30 Å². The van der Waals surface area contributed by atoms with Gasteiger partial charge < -0.3 is 9.42 Å². The molecule has 1 amide bonds. The fourth-order valence-corrected chi connectivity index (χ4v) is 3.95. The van der Waals surface area contributed by atoms with Crippen molar-refractivity contribution in [2.45, 2.75) is 20.8 Å². The van der Waals surface area contributed by atoms with Gasteiger partial charge in [-0.15, -0.1) is 0 Å². The smallest absolute Gasteiger partial charge is 0.241 e. The Hall–Kier alpha value is -1.12. The molecule has 0 heterocycles. The van der Waals surface area contributed by atoms with Crippen molar-refractivity contribution in [3.8, 4) is 0 Å². The highest BCUT2D eigenvalue weighted by Crippen LogP contribution is 2.45. The lowest BCUT2D eigenvalue weighted by Gasteiger charge is -2.23. The maximum absolute atomic E-state index is 12.9. The molecule has 0 bridgehead atoms. The molecule has 0 aromatic heterocycles. The summed E-state index contributed by atoms with van der Waals surface area (Å²) in [6.45, 7) is 7.19. The van der Waals surface area contributed by atoms with E-state index in [9.17, 15) is 9.36 Å². The lowest BCUT2D eigenvalue weighted by molar-refractivity contribution is -0.128. The Kier molecular flexibility index (Phi) is 6.26. The summed E-state index contributed by atoms with van der Waals surface area (Å²) in [5, 5.41) is 0.609. The molecule has 0 saturated carbocycles. The molecule has 1 aromatic carbocycles.